The molecule has 0 fully saturated rings. The Bertz CT molecular complexity index is 813. The summed E-state index contributed by atoms with van der Waals surface area (Å²) in [5, 5.41) is 5.35. The lowest BCUT2D eigenvalue weighted by Crippen LogP contribution is -2.37. The number of ether oxygens (including phenoxy) is 1. The summed E-state index contributed by atoms with van der Waals surface area (Å²) in [5.41, 5.74) is 1.50. The Morgan fingerprint density at radius 3 is 2.74 bits per heavy atom. The number of fused-ring (bicyclic) bond motifs is 1. The van der Waals surface area contributed by atoms with Gasteiger partial charge in [0.05, 0.1) is 23.7 Å². The van der Waals surface area contributed by atoms with Crippen LogP contribution in [0.1, 0.15) is 24.9 Å². The first-order valence-electron chi connectivity index (χ1n) is 8.72. The minimum Gasteiger partial charge on any atom is -0.493 e. The maximum absolute atomic E-state index is 12.9. The Morgan fingerprint density at radius 1 is 1.22 bits per heavy atom. The lowest BCUT2D eigenvalue weighted by atomic mass is 10.0. The van der Waals surface area contributed by atoms with Crippen molar-refractivity contribution in [2.45, 2.75) is 24.6 Å². The molecule has 2 N–H and O–H groups in total. The number of amides is 2. The van der Waals surface area contributed by atoms with Crippen LogP contribution in [0.3, 0.4) is 0 Å². The number of anilines is 1. The van der Waals surface area contributed by atoms with Gasteiger partial charge in [-0.25, -0.2) is 4.39 Å². The van der Waals surface area contributed by atoms with Crippen LogP contribution in [0.15, 0.2) is 48.5 Å². The standard InChI is InChI=1S/C20H21FN2O3S/c1-13(27-12-19(24)22-15-8-6-14(21)7-9-15)20(25)23-17-10-11-26-18-5-3-2-4-16(17)18/h2-9,13,17H,10-12H2,1H3,(H,22,24)(H,23,25)/t13-,17+/m1/s1. The number of thioether (sulfide) groups is 1. The lowest BCUT2D eigenvalue weighted by Gasteiger charge is -2.27. The highest BCUT2D eigenvalue weighted by atomic mass is 32.2. The molecule has 27 heavy (non-hydrogen) atoms. The van der Waals surface area contributed by atoms with Crippen LogP contribution in [0.4, 0.5) is 10.1 Å². The van der Waals surface area contributed by atoms with Gasteiger partial charge in [-0.15, -0.1) is 11.8 Å². The summed E-state index contributed by atoms with van der Waals surface area (Å²) in [7, 11) is 0. The second-order valence-electron chi connectivity index (χ2n) is 6.24. The van der Waals surface area contributed by atoms with Crippen molar-refractivity contribution >= 4 is 29.3 Å². The van der Waals surface area contributed by atoms with E-state index in [9.17, 15) is 14.0 Å². The van der Waals surface area contributed by atoms with Crippen LogP contribution >= 0.6 is 11.8 Å². The molecular weight excluding hydrogens is 367 g/mol. The fourth-order valence-electron chi connectivity index (χ4n) is 2.79. The van der Waals surface area contributed by atoms with Crippen LogP contribution in [0, 0.1) is 5.82 Å². The Morgan fingerprint density at radius 2 is 1.96 bits per heavy atom. The largest absolute Gasteiger partial charge is 0.493 e. The lowest BCUT2D eigenvalue weighted by molar-refractivity contribution is -0.121. The number of para-hydroxylation sites is 1. The van der Waals surface area contributed by atoms with Crippen LogP contribution in [0.25, 0.3) is 0 Å². The number of carbonyl (C=O) groups is 2. The van der Waals surface area contributed by atoms with Gasteiger partial charge in [0.1, 0.15) is 11.6 Å². The quantitative estimate of drug-likeness (QED) is 0.795. The molecule has 3 rings (SSSR count). The van der Waals surface area contributed by atoms with Gasteiger partial charge in [-0.1, -0.05) is 18.2 Å². The zero-order chi connectivity index (χ0) is 19.2. The highest BCUT2D eigenvalue weighted by Gasteiger charge is 2.25. The van der Waals surface area contributed by atoms with Gasteiger partial charge in [0, 0.05) is 17.7 Å². The number of hydrogen-bond acceptors (Lipinski definition) is 4. The summed E-state index contributed by atoms with van der Waals surface area (Å²) in [6.45, 7) is 2.33. The Balaban J connectivity index is 1.48. The SMILES string of the molecule is C[C@@H](SCC(=O)Nc1ccc(F)cc1)C(=O)N[C@H]1CCOc2ccccc21. The molecule has 5 nitrogen and oxygen atoms in total. The van der Waals surface area contributed by atoms with Crippen molar-refractivity contribution in [3.8, 4) is 5.75 Å². The fourth-order valence-corrected chi connectivity index (χ4v) is 3.48. The van der Waals surface area contributed by atoms with Gasteiger partial charge >= 0.3 is 0 Å². The summed E-state index contributed by atoms with van der Waals surface area (Å²) in [6.07, 6.45) is 0.713. The van der Waals surface area contributed by atoms with Gasteiger partial charge in [0.15, 0.2) is 0 Å². The number of rotatable bonds is 6. The first-order valence-corrected chi connectivity index (χ1v) is 9.77. The van der Waals surface area contributed by atoms with E-state index in [1.54, 1.807) is 6.92 Å². The molecule has 1 aliphatic rings. The molecule has 0 radical (unpaired) electrons. The Kier molecular flexibility index (Phi) is 6.34. The number of nitrogens with one attached hydrogen (secondary N) is 2. The molecule has 142 valence electrons. The molecule has 0 aliphatic carbocycles. The zero-order valence-corrected chi connectivity index (χ0v) is 15.7. The smallest absolute Gasteiger partial charge is 0.234 e. The van der Waals surface area contributed by atoms with E-state index in [2.05, 4.69) is 10.6 Å². The molecule has 0 saturated carbocycles. The molecule has 2 atom stereocenters. The number of carbonyl (C=O) groups excluding carboxylic acids is 2. The molecule has 7 heteroatoms. The van der Waals surface area contributed by atoms with Crippen molar-refractivity contribution in [1.29, 1.82) is 0 Å². The third-order valence-electron chi connectivity index (χ3n) is 4.24. The van der Waals surface area contributed by atoms with E-state index >= 15 is 0 Å². The molecule has 0 saturated heterocycles. The summed E-state index contributed by atoms with van der Waals surface area (Å²) >= 11 is 1.26. The average molecular weight is 388 g/mol. The van der Waals surface area contributed by atoms with Gasteiger partial charge in [0.2, 0.25) is 11.8 Å². The van der Waals surface area contributed by atoms with Crippen LogP contribution in [0.2, 0.25) is 0 Å². The molecule has 0 bridgehead atoms. The van der Waals surface area contributed by atoms with E-state index in [1.807, 2.05) is 24.3 Å². The molecule has 0 spiro atoms. The second kappa shape index (κ2) is 8.90. The average Bonchev–Trinajstić information content (AvgIpc) is 2.68. The molecule has 0 aromatic heterocycles. The van der Waals surface area contributed by atoms with Crippen molar-refractivity contribution in [1.82, 2.24) is 5.32 Å². The third-order valence-corrected chi connectivity index (χ3v) is 5.38. The monoisotopic (exact) mass is 388 g/mol. The van der Waals surface area contributed by atoms with Gasteiger partial charge in [-0.2, -0.15) is 0 Å². The minimum atomic E-state index is -0.376. The van der Waals surface area contributed by atoms with E-state index in [4.69, 9.17) is 4.74 Å². The summed E-state index contributed by atoms with van der Waals surface area (Å²) < 4.78 is 18.5. The molecule has 2 aromatic carbocycles. The Hall–Kier alpha value is -2.54. The van der Waals surface area contributed by atoms with Crippen molar-refractivity contribution in [3.63, 3.8) is 0 Å². The van der Waals surface area contributed by atoms with Crippen molar-refractivity contribution in [3.05, 3.63) is 59.9 Å². The van der Waals surface area contributed by atoms with E-state index in [0.717, 1.165) is 11.3 Å². The molecular formula is C20H21FN2O3S. The molecule has 0 unspecified atom stereocenters. The van der Waals surface area contributed by atoms with Crippen LogP contribution < -0.4 is 15.4 Å². The van der Waals surface area contributed by atoms with E-state index in [0.29, 0.717) is 18.7 Å². The maximum Gasteiger partial charge on any atom is 0.234 e. The van der Waals surface area contributed by atoms with Crippen LogP contribution in [-0.4, -0.2) is 29.4 Å². The molecule has 1 aliphatic heterocycles. The topological polar surface area (TPSA) is 67.4 Å². The van der Waals surface area contributed by atoms with Gasteiger partial charge in [-0.05, 0) is 37.3 Å². The number of benzene rings is 2. The third kappa shape index (κ3) is 5.23. The Labute approximate surface area is 161 Å². The van der Waals surface area contributed by atoms with Crippen molar-refractivity contribution in [2.75, 3.05) is 17.7 Å². The number of halogens is 1. The molecule has 2 amide bonds. The van der Waals surface area contributed by atoms with Crippen LogP contribution in [-0.2, 0) is 9.59 Å². The van der Waals surface area contributed by atoms with Gasteiger partial charge in [-0.3, -0.25) is 9.59 Å². The van der Waals surface area contributed by atoms with Crippen molar-refractivity contribution in [2.24, 2.45) is 0 Å². The number of hydrogen-bond donors (Lipinski definition) is 2. The van der Waals surface area contributed by atoms with E-state index in [-0.39, 0.29) is 34.7 Å². The molecule has 2 aromatic rings. The fraction of sp³-hybridized carbons (Fsp3) is 0.300. The minimum absolute atomic E-state index is 0.0847. The summed E-state index contributed by atoms with van der Waals surface area (Å²) in [6, 6.07) is 13.1. The predicted octanol–water partition coefficient (Wildman–Crippen LogP) is 3.53. The zero-order valence-electron chi connectivity index (χ0n) is 14.9. The first kappa shape index (κ1) is 19.2. The van der Waals surface area contributed by atoms with Gasteiger partial charge in [0.25, 0.3) is 0 Å². The summed E-state index contributed by atoms with van der Waals surface area (Å²) in [5.74, 6) is 0.227. The highest BCUT2D eigenvalue weighted by Crippen LogP contribution is 2.31. The normalized spacial score (nSPS) is 16.6. The van der Waals surface area contributed by atoms with E-state index in [1.165, 1.54) is 36.0 Å². The summed E-state index contributed by atoms with van der Waals surface area (Å²) in [4.78, 5) is 24.5. The van der Waals surface area contributed by atoms with Crippen molar-refractivity contribution < 1.29 is 18.7 Å². The van der Waals surface area contributed by atoms with Gasteiger partial charge < -0.3 is 15.4 Å². The highest BCUT2D eigenvalue weighted by molar-refractivity contribution is 8.01. The first-order chi connectivity index (χ1) is 13.0. The van der Waals surface area contributed by atoms with Crippen LogP contribution in [0.5, 0.6) is 5.75 Å². The second-order valence-corrected chi connectivity index (χ2v) is 7.57. The predicted molar refractivity (Wildman–Crippen MR) is 104 cm³/mol. The maximum atomic E-state index is 12.9. The van der Waals surface area contributed by atoms with E-state index < -0.39 is 0 Å². The molecule has 1 heterocycles.